The van der Waals surface area contributed by atoms with Gasteiger partial charge in [0.2, 0.25) is 5.75 Å². The summed E-state index contributed by atoms with van der Waals surface area (Å²) in [4.78, 5) is 33.2. The fourth-order valence-corrected chi connectivity index (χ4v) is 2.22. The van der Waals surface area contributed by atoms with Gasteiger partial charge in [-0.05, 0) is 17.7 Å². The van der Waals surface area contributed by atoms with E-state index >= 15 is 0 Å². The summed E-state index contributed by atoms with van der Waals surface area (Å²) in [6, 6.07) is -0.624. The minimum Gasteiger partial charge on any atom is -0.502 e. The van der Waals surface area contributed by atoms with Crippen molar-refractivity contribution < 1.29 is 29.1 Å². The predicted octanol–water partition coefficient (Wildman–Crippen LogP) is 0.276. The summed E-state index contributed by atoms with van der Waals surface area (Å²) in [6.45, 7) is 0. The first-order valence-electron chi connectivity index (χ1n) is 6.75. The maximum atomic E-state index is 11.6. The Morgan fingerprint density at radius 3 is 2.33 bits per heavy atom. The van der Waals surface area contributed by atoms with E-state index in [2.05, 4.69) is 5.32 Å². The van der Waals surface area contributed by atoms with Gasteiger partial charge in [0, 0.05) is 4.92 Å². The van der Waals surface area contributed by atoms with Crippen molar-refractivity contribution in [3.8, 4) is 17.2 Å². The van der Waals surface area contributed by atoms with E-state index in [1.165, 1.54) is 38.5 Å². The van der Waals surface area contributed by atoms with Gasteiger partial charge < -0.3 is 19.9 Å². The van der Waals surface area contributed by atoms with Crippen LogP contribution >= 0.6 is 0 Å². The van der Waals surface area contributed by atoms with Crippen molar-refractivity contribution in [3.05, 3.63) is 33.9 Å². The summed E-state index contributed by atoms with van der Waals surface area (Å²) < 4.78 is 10.0. The molecule has 10 heteroatoms. The number of rotatable bonds is 5. The molecule has 1 heterocycles. The van der Waals surface area contributed by atoms with Gasteiger partial charge in [0.25, 0.3) is 0 Å². The van der Waals surface area contributed by atoms with Gasteiger partial charge in [0.15, 0.2) is 11.5 Å². The number of phenolic OH excluding ortho intramolecular Hbond substituents is 1. The van der Waals surface area contributed by atoms with Crippen LogP contribution in [0.4, 0.5) is 4.79 Å². The molecule has 0 radical (unpaired) electrons. The van der Waals surface area contributed by atoms with E-state index in [1.807, 2.05) is 5.32 Å². The van der Waals surface area contributed by atoms with Crippen LogP contribution in [-0.4, -0.2) is 48.3 Å². The number of hydrogen-bond acceptors (Lipinski definition) is 7. The Morgan fingerprint density at radius 1 is 1.25 bits per heavy atom. The minimum atomic E-state index is -1.64. The Labute approximate surface area is 136 Å². The van der Waals surface area contributed by atoms with Crippen LogP contribution in [0.2, 0.25) is 0 Å². The number of urea groups is 1. The molecular weight excluding hydrogens is 322 g/mol. The number of amides is 3. The molecule has 1 aromatic rings. The van der Waals surface area contributed by atoms with Crippen LogP contribution in [0.1, 0.15) is 5.56 Å². The second-order valence-electron chi connectivity index (χ2n) is 4.85. The van der Waals surface area contributed by atoms with Gasteiger partial charge >= 0.3 is 18.0 Å². The number of nitrogens with one attached hydrogen (secondary N) is 2. The first kappa shape index (κ1) is 17.1. The third-order valence-electron chi connectivity index (χ3n) is 3.37. The van der Waals surface area contributed by atoms with E-state index in [4.69, 9.17) is 9.47 Å². The van der Waals surface area contributed by atoms with Crippen molar-refractivity contribution in [2.45, 2.75) is 12.1 Å². The number of aromatic hydroxyl groups is 1. The molecule has 1 fully saturated rings. The molecule has 1 saturated heterocycles. The van der Waals surface area contributed by atoms with Crippen LogP contribution in [-0.2, 0) is 4.79 Å². The highest BCUT2D eigenvalue weighted by Gasteiger charge is 2.43. The van der Waals surface area contributed by atoms with Crippen LogP contribution in [0.25, 0.3) is 6.08 Å². The van der Waals surface area contributed by atoms with Crippen LogP contribution in [0, 0.1) is 10.1 Å². The lowest BCUT2D eigenvalue weighted by molar-refractivity contribution is -0.510. The summed E-state index contributed by atoms with van der Waals surface area (Å²) >= 11 is 0. The van der Waals surface area contributed by atoms with Gasteiger partial charge in [-0.3, -0.25) is 20.2 Å². The molecular formula is C14H15N3O7. The van der Waals surface area contributed by atoms with Gasteiger partial charge in [-0.15, -0.1) is 0 Å². The molecule has 0 saturated carbocycles. The molecule has 2 rings (SSSR count). The lowest BCUT2D eigenvalue weighted by atomic mass is 10.0. The third-order valence-corrected chi connectivity index (χ3v) is 3.37. The number of benzene rings is 1. The van der Waals surface area contributed by atoms with Crippen molar-refractivity contribution >= 4 is 18.0 Å². The molecule has 0 aromatic heterocycles. The monoisotopic (exact) mass is 337 g/mol. The Kier molecular flexibility index (Phi) is 4.87. The van der Waals surface area contributed by atoms with Gasteiger partial charge in [0.1, 0.15) is 6.04 Å². The minimum absolute atomic E-state index is 0.144. The zero-order valence-corrected chi connectivity index (χ0v) is 12.8. The molecule has 3 amide bonds. The predicted molar refractivity (Wildman–Crippen MR) is 81.5 cm³/mol. The topological polar surface area (TPSA) is 140 Å². The fourth-order valence-electron chi connectivity index (χ4n) is 2.22. The van der Waals surface area contributed by atoms with Crippen molar-refractivity contribution in [3.63, 3.8) is 0 Å². The average molecular weight is 337 g/mol. The number of hydrogen-bond donors (Lipinski definition) is 3. The van der Waals surface area contributed by atoms with E-state index in [1.54, 1.807) is 0 Å². The number of ether oxygens (including phenoxy) is 2. The van der Waals surface area contributed by atoms with Crippen LogP contribution < -0.4 is 20.1 Å². The molecule has 1 aliphatic rings. The van der Waals surface area contributed by atoms with Gasteiger partial charge in [0.05, 0.1) is 14.2 Å². The quantitative estimate of drug-likeness (QED) is 0.517. The Bertz CT molecular complexity index is 691. The summed E-state index contributed by atoms with van der Waals surface area (Å²) in [6.07, 6.45) is 2.76. The summed E-state index contributed by atoms with van der Waals surface area (Å²) in [7, 11) is 2.72. The summed E-state index contributed by atoms with van der Waals surface area (Å²) in [5.74, 6) is -0.888. The van der Waals surface area contributed by atoms with E-state index in [-0.39, 0.29) is 17.2 Å². The first-order valence-corrected chi connectivity index (χ1v) is 6.75. The number of phenols is 1. The lowest BCUT2D eigenvalue weighted by Crippen LogP contribution is -2.62. The maximum Gasteiger partial charge on any atom is 0.322 e. The van der Waals surface area contributed by atoms with E-state index in [9.17, 15) is 24.8 Å². The highest BCUT2D eigenvalue weighted by molar-refractivity contribution is 6.00. The van der Waals surface area contributed by atoms with E-state index in [0.717, 1.165) is 0 Å². The SMILES string of the molecule is COc1cc(/C=C/C2NC(=O)NC(=O)C2[N+](=O)[O-])cc(OC)c1O. The molecule has 24 heavy (non-hydrogen) atoms. The Balaban J connectivity index is 2.33. The zero-order chi connectivity index (χ0) is 17.9. The number of imide groups is 1. The van der Waals surface area contributed by atoms with Crippen LogP contribution in [0.5, 0.6) is 17.2 Å². The molecule has 3 N–H and O–H groups in total. The molecule has 0 spiro atoms. The standard InChI is InChI=1S/C14H15N3O7/c1-23-9-5-7(6-10(24-2)12(9)18)3-4-8-11(17(21)22)13(19)16-14(20)15-8/h3-6,8,11,18H,1-2H3,(H2,15,16,19,20)/b4-3+. The average Bonchev–Trinajstić information content (AvgIpc) is 2.52. The summed E-state index contributed by atoms with van der Waals surface area (Å²) in [5.41, 5.74) is 0.490. The Hall–Kier alpha value is -3.30. The van der Waals surface area contributed by atoms with Crippen molar-refractivity contribution in [1.29, 1.82) is 0 Å². The highest BCUT2D eigenvalue weighted by atomic mass is 16.6. The Morgan fingerprint density at radius 2 is 1.83 bits per heavy atom. The molecule has 2 unspecified atom stereocenters. The van der Waals surface area contributed by atoms with Crippen molar-refractivity contribution in [2.24, 2.45) is 0 Å². The smallest absolute Gasteiger partial charge is 0.322 e. The number of nitro groups is 1. The molecule has 1 aromatic carbocycles. The van der Waals surface area contributed by atoms with Crippen LogP contribution in [0.15, 0.2) is 18.2 Å². The van der Waals surface area contributed by atoms with Crippen molar-refractivity contribution in [2.75, 3.05) is 14.2 Å². The number of carbonyl (C=O) groups excluding carboxylic acids is 2. The number of carbonyl (C=O) groups is 2. The lowest BCUT2D eigenvalue weighted by Gasteiger charge is -2.23. The molecule has 2 atom stereocenters. The largest absolute Gasteiger partial charge is 0.502 e. The van der Waals surface area contributed by atoms with E-state index < -0.39 is 28.9 Å². The second kappa shape index (κ2) is 6.86. The van der Waals surface area contributed by atoms with Gasteiger partial charge in [-0.2, -0.15) is 0 Å². The number of nitrogens with zero attached hydrogens (tertiary/aromatic N) is 1. The molecule has 0 bridgehead atoms. The van der Waals surface area contributed by atoms with Gasteiger partial charge in [-0.25, -0.2) is 4.79 Å². The zero-order valence-electron chi connectivity index (χ0n) is 12.8. The second-order valence-corrected chi connectivity index (χ2v) is 4.85. The third kappa shape index (κ3) is 3.37. The van der Waals surface area contributed by atoms with Gasteiger partial charge in [-0.1, -0.05) is 12.2 Å². The highest BCUT2D eigenvalue weighted by Crippen LogP contribution is 2.37. The summed E-state index contributed by atoms with van der Waals surface area (Å²) in [5, 5.41) is 25.0. The normalized spacial score (nSPS) is 20.4. The molecule has 10 nitrogen and oxygen atoms in total. The first-order chi connectivity index (χ1) is 11.4. The van der Waals surface area contributed by atoms with E-state index in [0.29, 0.717) is 5.56 Å². The molecule has 1 aliphatic heterocycles. The fraction of sp³-hybridized carbons (Fsp3) is 0.286. The molecule has 0 aliphatic carbocycles. The number of methoxy groups -OCH3 is 2. The molecule has 128 valence electrons. The maximum absolute atomic E-state index is 11.6. The van der Waals surface area contributed by atoms with Crippen molar-refractivity contribution in [1.82, 2.24) is 10.6 Å². The van der Waals surface area contributed by atoms with Crippen LogP contribution in [0.3, 0.4) is 0 Å².